The topological polar surface area (TPSA) is 73.8 Å². The lowest BCUT2D eigenvalue weighted by Gasteiger charge is -2.08. The molecule has 130 valence electrons. The summed E-state index contributed by atoms with van der Waals surface area (Å²) in [5.41, 5.74) is 3.80. The Morgan fingerprint density at radius 1 is 1.15 bits per heavy atom. The Balaban J connectivity index is 1.54. The van der Waals surface area contributed by atoms with Crippen molar-refractivity contribution in [1.82, 2.24) is 20.2 Å². The summed E-state index contributed by atoms with van der Waals surface area (Å²) >= 11 is 1.29. The maximum Gasteiger partial charge on any atom is 0.214 e. The van der Waals surface area contributed by atoms with Crippen LogP contribution in [-0.4, -0.2) is 31.7 Å². The van der Waals surface area contributed by atoms with E-state index in [1.54, 1.807) is 10.7 Å². The van der Waals surface area contributed by atoms with Crippen molar-refractivity contribution in [2.24, 2.45) is 0 Å². The molecule has 4 rings (SSSR count). The number of rotatable bonds is 5. The van der Waals surface area contributed by atoms with E-state index in [9.17, 15) is 4.79 Å². The first-order valence-electron chi connectivity index (χ1n) is 8.12. The van der Waals surface area contributed by atoms with E-state index in [1.165, 1.54) is 11.8 Å². The third-order valence-corrected chi connectivity index (χ3v) is 4.99. The van der Waals surface area contributed by atoms with Gasteiger partial charge in [-0.2, -0.15) is 4.68 Å². The van der Waals surface area contributed by atoms with Gasteiger partial charge in [0.25, 0.3) is 0 Å². The highest BCUT2D eigenvalue weighted by atomic mass is 32.2. The number of aromatic nitrogens is 4. The van der Waals surface area contributed by atoms with Crippen LogP contribution in [0.3, 0.4) is 0 Å². The van der Waals surface area contributed by atoms with Crippen molar-refractivity contribution in [1.29, 1.82) is 0 Å². The first-order valence-corrected chi connectivity index (χ1v) is 9.11. The monoisotopic (exact) mass is 364 g/mol. The third-order valence-electron chi connectivity index (χ3n) is 4.07. The van der Waals surface area contributed by atoms with Crippen LogP contribution < -0.4 is 0 Å². The highest BCUT2D eigenvalue weighted by Crippen LogP contribution is 2.24. The van der Waals surface area contributed by atoms with Crippen LogP contribution in [-0.2, 0) is 0 Å². The predicted molar refractivity (Wildman–Crippen MR) is 99.9 cm³/mol. The van der Waals surface area contributed by atoms with E-state index in [4.69, 9.17) is 4.42 Å². The summed E-state index contributed by atoms with van der Waals surface area (Å²) in [4.78, 5) is 12.5. The summed E-state index contributed by atoms with van der Waals surface area (Å²) in [6, 6.07) is 15.4. The van der Waals surface area contributed by atoms with Gasteiger partial charge < -0.3 is 4.42 Å². The lowest BCUT2D eigenvalue weighted by Crippen LogP contribution is -2.05. The average molecular weight is 364 g/mol. The quantitative estimate of drug-likeness (QED) is 0.394. The van der Waals surface area contributed by atoms with Crippen molar-refractivity contribution >= 4 is 28.5 Å². The van der Waals surface area contributed by atoms with E-state index >= 15 is 0 Å². The molecule has 0 fully saturated rings. The van der Waals surface area contributed by atoms with Crippen molar-refractivity contribution in [3.63, 3.8) is 0 Å². The van der Waals surface area contributed by atoms with Crippen LogP contribution >= 0.6 is 11.8 Å². The van der Waals surface area contributed by atoms with Crippen LogP contribution in [0.15, 0.2) is 58.1 Å². The zero-order valence-electron chi connectivity index (χ0n) is 14.3. The van der Waals surface area contributed by atoms with Crippen molar-refractivity contribution in [2.75, 3.05) is 5.75 Å². The molecule has 0 aliphatic rings. The molecule has 0 aliphatic heterocycles. The number of carbonyl (C=O) groups is 1. The summed E-state index contributed by atoms with van der Waals surface area (Å²) < 4.78 is 7.29. The van der Waals surface area contributed by atoms with Gasteiger partial charge in [-0.25, -0.2) is 0 Å². The van der Waals surface area contributed by atoms with E-state index in [-0.39, 0.29) is 11.5 Å². The summed E-state index contributed by atoms with van der Waals surface area (Å²) in [5.74, 6) is 0.455. The molecule has 0 radical (unpaired) electrons. The maximum atomic E-state index is 12.5. The molecule has 4 aromatic rings. The molecule has 0 aliphatic carbocycles. The predicted octanol–water partition coefficient (Wildman–Crippen LogP) is 4.00. The first kappa shape index (κ1) is 16.5. The van der Waals surface area contributed by atoms with E-state index < -0.39 is 0 Å². The van der Waals surface area contributed by atoms with Crippen molar-refractivity contribution in [3.8, 4) is 5.69 Å². The molecule has 2 heterocycles. The molecular weight excluding hydrogens is 348 g/mol. The number of benzene rings is 2. The van der Waals surface area contributed by atoms with Gasteiger partial charge in [-0.1, -0.05) is 42.1 Å². The number of furan rings is 1. The zero-order chi connectivity index (χ0) is 18.1. The molecule has 0 atom stereocenters. The lowest BCUT2D eigenvalue weighted by atomic mass is 10.1. The minimum Gasteiger partial charge on any atom is -0.453 e. The number of hydrogen-bond donors (Lipinski definition) is 0. The first-order chi connectivity index (χ1) is 12.6. The van der Waals surface area contributed by atoms with E-state index in [0.29, 0.717) is 16.5 Å². The smallest absolute Gasteiger partial charge is 0.214 e. The average Bonchev–Trinajstić information content (AvgIpc) is 3.28. The van der Waals surface area contributed by atoms with Gasteiger partial charge in [0.15, 0.2) is 5.76 Å². The number of aryl methyl sites for hydroxylation is 2. The molecule has 0 bridgehead atoms. The minimum absolute atomic E-state index is 0.0956. The highest BCUT2D eigenvalue weighted by molar-refractivity contribution is 7.99. The van der Waals surface area contributed by atoms with E-state index in [1.807, 2.05) is 56.3 Å². The highest BCUT2D eigenvalue weighted by Gasteiger charge is 2.16. The van der Waals surface area contributed by atoms with Gasteiger partial charge in [0.05, 0.1) is 11.4 Å². The van der Waals surface area contributed by atoms with Gasteiger partial charge >= 0.3 is 0 Å². The van der Waals surface area contributed by atoms with Gasteiger partial charge in [-0.05, 0) is 53.6 Å². The number of Topliss-reactive ketones (excluding diaryl/α,β-unsaturated/α-hetero) is 1. The second-order valence-electron chi connectivity index (χ2n) is 6.02. The van der Waals surface area contributed by atoms with Crippen LogP contribution in [0.5, 0.6) is 0 Å². The number of para-hydroxylation sites is 1. The normalized spacial score (nSPS) is 11.2. The number of thioether (sulfide) groups is 1. The maximum absolute atomic E-state index is 12.5. The van der Waals surface area contributed by atoms with Gasteiger partial charge in [0.2, 0.25) is 10.9 Å². The number of carbonyl (C=O) groups excluding carboxylic acids is 1. The van der Waals surface area contributed by atoms with Crippen LogP contribution in [0.1, 0.15) is 21.7 Å². The second kappa shape index (κ2) is 6.76. The Morgan fingerprint density at radius 3 is 2.85 bits per heavy atom. The molecule has 0 saturated heterocycles. The van der Waals surface area contributed by atoms with Crippen molar-refractivity contribution in [3.05, 3.63) is 65.4 Å². The number of ketones is 1. The van der Waals surface area contributed by atoms with Crippen molar-refractivity contribution < 1.29 is 9.21 Å². The zero-order valence-corrected chi connectivity index (χ0v) is 15.2. The Kier molecular flexibility index (Phi) is 4.30. The molecule has 0 unspecified atom stereocenters. The summed E-state index contributed by atoms with van der Waals surface area (Å²) in [5, 5.41) is 13.4. The molecule has 7 heteroatoms. The molecule has 0 saturated carbocycles. The number of nitrogens with zero attached hydrogens (tertiary/aromatic N) is 4. The SMILES string of the molecule is Cc1ccc(C)c(-n2nnnc2SCC(=O)c2cc3ccccc3o2)c1. The number of tetrazole rings is 1. The van der Waals surface area contributed by atoms with Crippen LogP contribution in [0.25, 0.3) is 16.7 Å². The lowest BCUT2D eigenvalue weighted by molar-refractivity contribution is 0.0994. The van der Waals surface area contributed by atoms with Crippen LogP contribution in [0.4, 0.5) is 0 Å². The molecular formula is C19H16N4O2S. The third kappa shape index (κ3) is 3.13. The summed E-state index contributed by atoms with van der Waals surface area (Å²) in [6.45, 7) is 4.02. The number of hydrogen-bond acceptors (Lipinski definition) is 6. The fraction of sp³-hybridized carbons (Fsp3) is 0.158. The molecule has 0 spiro atoms. The van der Waals surface area contributed by atoms with Gasteiger partial charge in [-0.15, -0.1) is 5.10 Å². The van der Waals surface area contributed by atoms with Gasteiger partial charge in [0.1, 0.15) is 5.58 Å². The van der Waals surface area contributed by atoms with Crippen LogP contribution in [0, 0.1) is 13.8 Å². The molecule has 2 aromatic carbocycles. The second-order valence-corrected chi connectivity index (χ2v) is 6.97. The Hall–Kier alpha value is -2.93. The fourth-order valence-corrected chi connectivity index (χ4v) is 3.44. The molecule has 0 amide bonds. The molecule has 2 aromatic heterocycles. The van der Waals surface area contributed by atoms with Gasteiger partial charge in [0, 0.05) is 5.39 Å². The molecule has 26 heavy (non-hydrogen) atoms. The molecule has 0 N–H and O–H groups in total. The minimum atomic E-state index is -0.0956. The largest absolute Gasteiger partial charge is 0.453 e. The van der Waals surface area contributed by atoms with E-state index in [2.05, 4.69) is 15.5 Å². The number of fused-ring (bicyclic) bond motifs is 1. The fourth-order valence-electron chi connectivity index (χ4n) is 2.69. The Labute approximate surface area is 154 Å². The summed E-state index contributed by atoms with van der Waals surface area (Å²) in [6.07, 6.45) is 0. The molecule has 6 nitrogen and oxygen atoms in total. The Morgan fingerprint density at radius 2 is 2.00 bits per heavy atom. The van der Waals surface area contributed by atoms with Crippen molar-refractivity contribution in [2.45, 2.75) is 19.0 Å². The van der Waals surface area contributed by atoms with E-state index in [0.717, 1.165) is 22.2 Å². The summed E-state index contributed by atoms with van der Waals surface area (Å²) in [7, 11) is 0. The van der Waals surface area contributed by atoms with Crippen LogP contribution in [0.2, 0.25) is 0 Å². The standard InChI is InChI=1S/C19H16N4O2S/c1-12-7-8-13(2)15(9-12)23-19(20-21-22-23)26-11-16(24)18-10-14-5-3-4-6-17(14)25-18/h3-10H,11H2,1-2H3. The van der Waals surface area contributed by atoms with Gasteiger partial charge in [-0.3, -0.25) is 4.79 Å². The Bertz CT molecular complexity index is 1070.